The molecule has 0 radical (unpaired) electrons. The Morgan fingerprint density at radius 2 is 2.11 bits per heavy atom. The van der Waals surface area contributed by atoms with E-state index in [1.165, 1.54) is 18.2 Å². The number of halogens is 1. The molecule has 0 atom stereocenters. The number of hydrogen-bond acceptors (Lipinski definition) is 4. The molecule has 0 heterocycles. The Bertz CT molecular complexity index is 452. The Morgan fingerprint density at radius 3 is 2.67 bits per heavy atom. The molecule has 0 aromatic heterocycles. The summed E-state index contributed by atoms with van der Waals surface area (Å²) in [5.74, 6) is -0.972. The molecule has 18 heavy (non-hydrogen) atoms. The first-order valence-electron chi connectivity index (χ1n) is 5.42. The Balaban J connectivity index is 2.69. The van der Waals surface area contributed by atoms with Crippen molar-refractivity contribution < 1.29 is 18.7 Å². The number of esters is 1. The maximum atomic E-state index is 13.5. The van der Waals surface area contributed by atoms with E-state index in [2.05, 4.69) is 0 Å². The number of rotatable bonds is 4. The van der Waals surface area contributed by atoms with Crippen molar-refractivity contribution in [3.63, 3.8) is 0 Å². The fourth-order valence-corrected chi connectivity index (χ4v) is 2.08. The first-order chi connectivity index (χ1) is 8.33. The molecule has 0 amide bonds. The van der Waals surface area contributed by atoms with E-state index in [0.717, 1.165) is 11.8 Å². The van der Waals surface area contributed by atoms with Gasteiger partial charge in [0.2, 0.25) is 0 Å². The van der Waals surface area contributed by atoms with Crippen molar-refractivity contribution in [2.24, 2.45) is 0 Å². The van der Waals surface area contributed by atoms with E-state index < -0.39 is 17.4 Å². The summed E-state index contributed by atoms with van der Waals surface area (Å²) < 4.78 is 18.6. The topological polar surface area (TPSA) is 43.4 Å². The largest absolute Gasteiger partial charge is 0.459 e. The van der Waals surface area contributed by atoms with E-state index in [0.29, 0.717) is 6.29 Å². The number of benzene rings is 1. The third-order valence-electron chi connectivity index (χ3n) is 1.88. The third-order valence-corrected chi connectivity index (χ3v) is 2.98. The van der Waals surface area contributed by atoms with Gasteiger partial charge in [-0.1, -0.05) is 12.1 Å². The van der Waals surface area contributed by atoms with Crippen LogP contribution in [0.5, 0.6) is 0 Å². The van der Waals surface area contributed by atoms with Crippen molar-refractivity contribution in [2.75, 3.05) is 5.75 Å². The van der Waals surface area contributed by atoms with Gasteiger partial charge in [0.1, 0.15) is 11.4 Å². The van der Waals surface area contributed by atoms with Gasteiger partial charge < -0.3 is 4.74 Å². The van der Waals surface area contributed by atoms with E-state index in [-0.39, 0.29) is 16.2 Å². The molecular weight excluding hydrogens is 255 g/mol. The molecule has 1 rings (SSSR count). The second-order valence-corrected chi connectivity index (χ2v) is 5.64. The van der Waals surface area contributed by atoms with Crippen molar-refractivity contribution in [1.29, 1.82) is 0 Å². The van der Waals surface area contributed by atoms with Gasteiger partial charge in [0.05, 0.1) is 10.6 Å². The first kappa shape index (κ1) is 14.7. The molecule has 1 aromatic rings. The molecule has 0 unspecified atom stereocenters. The molecule has 0 spiro atoms. The molecule has 0 N–H and O–H groups in total. The number of carbonyl (C=O) groups excluding carboxylic acids is 2. The number of thioether (sulfide) groups is 1. The summed E-state index contributed by atoms with van der Waals surface area (Å²) >= 11 is 0.966. The molecule has 0 aliphatic rings. The van der Waals surface area contributed by atoms with Gasteiger partial charge in [-0.05, 0) is 26.8 Å². The second-order valence-electron chi connectivity index (χ2n) is 4.65. The number of carbonyl (C=O) groups is 2. The lowest BCUT2D eigenvalue weighted by Gasteiger charge is -2.19. The molecule has 0 aliphatic carbocycles. The minimum absolute atomic E-state index is 0.0287. The lowest BCUT2D eigenvalue weighted by atomic mass is 10.2. The molecule has 3 nitrogen and oxygen atoms in total. The molecule has 0 saturated heterocycles. The average molecular weight is 270 g/mol. The van der Waals surface area contributed by atoms with Crippen LogP contribution in [-0.2, 0) is 9.53 Å². The van der Waals surface area contributed by atoms with E-state index in [4.69, 9.17) is 4.74 Å². The molecule has 5 heteroatoms. The summed E-state index contributed by atoms with van der Waals surface area (Å²) in [5.41, 5.74) is -0.330. The van der Waals surface area contributed by atoms with Crippen LogP contribution in [-0.4, -0.2) is 23.6 Å². The highest BCUT2D eigenvalue weighted by atomic mass is 32.2. The van der Waals surface area contributed by atoms with Crippen molar-refractivity contribution in [2.45, 2.75) is 31.3 Å². The summed E-state index contributed by atoms with van der Waals surface area (Å²) in [4.78, 5) is 22.4. The second kappa shape index (κ2) is 6.00. The molecular formula is C13H15FO3S. The van der Waals surface area contributed by atoms with Gasteiger partial charge in [0.15, 0.2) is 6.29 Å². The first-order valence-corrected chi connectivity index (χ1v) is 6.40. The summed E-state index contributed by atoms with van der Waals surface area (Å²) in [6.45, 7) is 5.28. The Morgan fingerprint density at radius 1 is 1.44 bits per heavy atom. The lowest BCUT2D eigenvalue weighted by Crippen LogP contribution is -2.24. The summed E-state index contributed by atoms with van der Waals surface area (Å²) in [6, 6.07) is 4.22. The standard InChI is InChI=1S/C13H15FO3S/c1-13(2,3)17-11(16)8-18-12-9(7-15)5-4-6-10(12)14/h4-7H,8H2,1-3H3. The zero-order valence-electron chi connectivity index (χ0n) is 10.5. The maximum Gasteiger partial charge on any atom is 0.316 e. The highest BCUT2D eigenvalue weighted by Gasteiger charge is 2.17. The molecule has 0 aliphatic heterocycles. The van der Waals surface area contributed by atoms with Gasteiger partial charge >= 0.3 is 5.97 Å². The zero-order chi connectivity index (χ0) is 13.8. The third kappa shape index (κ3) is 4.49. The maximum absolute atomic E-state index is 13.5. The van der Waals surface area contributed by atoms with Gasteiger partial charge in [-0.25, -0.2) is 4.39 Å². The van der Waals surface area contributed by atoms with Crippen LogP contribution in [0, 0.1) is 5.82 Å². The van der Waals surface area contributed by atoms with Gasteiger partial charge in [0.25, 0.3) is 0 Å². The summed E-state index contributed by atoms with van der Waals surface area (Å²) in [6.07, 6.45) is 0.570. The van der Waals surface area contributed by atoms with Crippen LogP contribution in [0.4, 0.5) is 4.39 Å². The Kier molecular flexibility index (Phi) is 4.90. The predicted octanol–water partition coefficient (Wildman–Crippen LogP) is 3.07. The molecule has 0 saturated carbocycles. The van der Waals surface area contributed by atoms with Crippen LogP contribution in [0.1, 0.15) is 31.1 Å². The number of hydrogen-bond donors (Lipinski definition) is 0. The molecule has 98 valence electrons. The van der Waals surface area contributed by atoms with Crippen LogP contribution in [0.25, 0.3) is 0 Å². The minimum Gasteiger partial charge on any atom is -0.459 e. The molecule has 0 bridgehead atoms. The smallest absolute Gasteiger partial charge is 0.316 e. The SMILES string of the molecule is CC(C)(C)OC(=O)CSc1c(F)cccc1C=O. The van der Waals surface area contributed by atoms with Gasteiger partial charge in [-0.15, -0.1) is 11.8 Å². The quantitative estimate of drug-likeness (QED) is 0.479. The highest BCUT2D eigenvalue weighted by Crippen LogP contribution is 2.25. The van der Waals surface area contributed by atoms with E-state index in [1.54, 1.807) is 20.8 Å². The lowest BCUT2D eigenvalue weighted by molar-refractivity contribution is -0.151. The fraction of sp³-hybridized carbons (Fsp3) is 0.385. The van der Waals surface area contributed by atoms with Gasteiger partial charge in [0, 0.05) is 5.56 Å². The number of ether oxygens (including phenoxy) is 1. The van der Waals surface area contributed by atoms with Crippen LogP contribution in [0.2, 0.25) is 0 Å². The summed E-state index contributed by atoms with van der Waals surface area (Å²) in [5, 5.41) is 0. The predicted molar refractivity (Wildman–Crippen MR) is 68.4 cm³/mol. The molecule has 1 aromatic carbocycles. The van der Waals surface area contributed by atoms with E-state index in [1.807, 2.05) is 0 Å². The Hall–Kier alpha value is -1.36. The van der Waals surface area contributed by atoms with Crippen LogP contribution >= 0.6 is 11.8 Å². The highest BCUT2D eigenvalue weighted by molar-refractivity contribution is 8.00. The monoisotopic (exact) mass is 270 g/mol. The van der Waals surface area contributed by atoms with Gasteiger partial charge in [-0.2, -0.15) is 0 Å². The van der Waals surface area contributed by atoms with Gasteiger partial charge in [-0.3, -0.25) is 9.59 Å². The minimum atomic E-state index is -0.569. The van der Waals surface area contributed by atoms with Crippen molar-refractivity contribution in [3.05, 3.63) is 29.6 Å². The normalized spacial score (nSPS) is 11.1. The fourth-order valence-electron chi connectivity index (χ4n) is 1.27. The van der Waals surface area contributed by atoms with Crippen molar-refractivity contribution in [3.8, 4) is 0 Å². The Labute approximate surface area is 110 Å². The van der Waals surface area contributed by atoms with Crippen LogP contribution < -0.4 is 0 Å². The van der Waals surface area contributed by atoms with E-state index in [9.17, 15) is 14.0 Å². The van der Waals surface area contributed by atoms with E-state index >= 15 is 0 Å². The van der Waals surface area contributed by atoms with Crippen molar-refractivity contribution in [1.82, 2.24) is 0 Å². The summed E-state index contributed by atoms with van der Waals surface area (Å²) in [7, 11) is 0. The molecule has 0 fully saturated rings. The number of aldehydes is 1. The van der Waals surface area contributed by atoms with Crippen LogP contribution in [0.15, 0.2) is 23.1 Å². The van der Waals surface area contributed by atoms with Crippen molar-refractivity contribution >= 4 is 24.0 Å². The average Bonchev–Trinajstić information content (AvgIpc) is 2.24. The zero-order valence-corrected chi connectivity index (χ0v) is 11.3. The van der Waals surface area contributed by atoms with Crippen LogP contribution in [0.3, 0.4) is 0 Å².